The summed E-state index contributed by atoms with van der Waals surface area (Å²) in [6, 6.07) is 7.49. The number of rotatable bonds is 11. The number of carbonyl (C=O) groups is 1. The van der Waals surface area contributed by atoms with Crippen LogP contribution < -0.4 is 15.6 Å². The van der Waals surface area contributed by atoms with Crippen LogP contribution in [0.25, 0.3) is 38.9 Å². The molecular formula is C40H28ClF9N10O4S. The molecule has 9 rings (SSSR count). The van der Waals surface area contributed by atoms with Crippen molar-refractivity contribution in [3.05, 3.63) is 122 Å². The summed E-state index contributed by atoms with van der Waals surface area (Å²) in [6.07, 6.45) is -7.08. The average molecular weight is 951 g/mol. The predicted molar refractivity (Wildman–Crippen MR) is 214 cm³/mol. The Bertz CT molecular complexity index is 3300. The summed E-state index contributed by atoms with van der Waals surface area (Å²) >= 11 is 6.58. The van der Waals surface area contributed by atoms with E-state index in [4.69, 9.17) is 11.6 Å². The summed E-state index contributed by atoms with van der Waals surface area (Å²) in [5.74, 6) is -10.2. The van der Waals surface area contributed by atoms with E-state index in [0.29, 0.717) is 16.8 Å². The van der Waals surface area contributed by atoms with Gasteiger partial charge in [0, 0.05) is 42.8 Å². The zero-order chi connectivity index (χ0) is 46.7. The molecule has 2 aliphatic rings. The van der Waals surface area contributed by atoms with Gasteiger partial charge in [0.15, 0.2) is 11.6 Å². The minimum Gasteiger partial charge on any atom is -0.344 e. The molecule has 2 N–H and O–H groups in total. The molecular weight excluding hydrogens is 923 g/mol. The van der Waals surface area contributed by atoms with Crippen LogP contribution in [0.4, 0.5) is 45.3 Å². The van der Waals surface area contributed by atoms with E-state index in [0.717, 1.165) is 33.8 Å². The largest absolute Gasteiger partial charge is 0.433 e. The average Bonchev–Trinajstić information content (AvgIpc) is 3.75. The van der Waals surface area contributed by atoms with Gasteiger partial charge in [-0.2, -0.15) is 32.1 Å². The van der Waals surface area contributed by atoms with Crippen LogP contribution in [0.5, 0.6) is 0 Å². The highest BCUT2D eigenvalue weighted by Gasteiger charge is 2.67. The Morgan fingerprint density at radius 3 is 2.42 bits per heavy atom. The summed E-state index contributed by atoms with van der Waals surface area (Å²) < 4.78 is 159. The third-order valence-electron chi connectivity index (χ3n) is 11.0. The number of halogens is 10. The maximum atomic E-state index is 15.5. The number of sulfonamides is 1. The number of benzene rings is 3. The van der Waals surface area contributed by atoms with Gasteiger partial charge in [0.2, 0.25) is 15.9 Å². The first-order valence-electron chi connectivity index (χ1n) is 19.1. The molecule has 1 amide bonds. The number of nitrogens with one attached hydrogen (secondary N) is 2. The number of anilines is 1. The van der Waals surface area contributed by atoms with Crippen LogP contribution in [-0.2, 0) is 46.9 Å². The minimum absolute atomic E-state index is 0.00330. The molecule has 0 bridgehead atoms. The lowest BCUT2D eigenvalue weighted by molar-refractivity contribution is -0.141. The number of alkyl halides is 7. The number of carbonyl (C=O) groups excluding carboxylic acids is 1. The quantitative estimate of drug-likeness (QED) is 0.125. The summed E-state index contributed by atoms with van der Waals surface area (Å²) in [5.41, 5.74) is -4.91. The Balaban J connectivity index is 1.26. The van der Waals surface area contributed by atoms with Crippen molar-refractivity contribution in [1.29, 1.82) is 0 Å². The van der Waals surface area contributed by atoms with Crippen LogP contribution in [-0.4, -0.2) is 59.7 Å². The summed E-state index contributed by atoms with van der Waals surface area (Å²) in [7, 11) is -2.61. The van der Waals surface area contributed by atoms with Crippen LogP contribution in [0, 0.1) is 17.6 Å². The summed E-state index contributed by atoms with van der Waals surface area (Å²) in [5, 5.41) is 10.2. The van der Waals surface area contributed by atoms with E-state index in [2.05, 4.69) is 35.2 Å². The number of aromatic nitrogens is 8. The van der Waals surface area contributed by atoms with Crippen molar-refractivity contribution < 1.29 is 52.7 Å². The smallest absolute Gasteiger partial charge is 0.344 e. The summed E-state index contributed by atoms with van der Waals surface area (Å²) in [4.78, 5) is 41.3. The molecule has 4 aromatic heterocycles. The molecule has 65 heavy (non-hydrogen) atoms. The fraction of sp³-hybridized carbons (Fsp3) is 0.275. The molecule has 14 nitrogen and oxygen atoms in total. The lowest BCUT2D eigenvalue weighted by Gasteiger charge is -2.24. The minimum atomic E-state index is -4.87. The highest BCUT2D eigenvalue weighted by Crippen LogP contribution is 2.68. The Morgan fingerprint density at radius 1 is 1.02 bits per heavy atom. The van der Waals surface area contributed by atoms with Gasteiger partial charge in [0.05, 0.1) is 44.8 Å². The lowest BCUT2D eigenvalue weighted by Crippen LogP contribution is -2.38. The van der Waals surface area contributed by atoms with E-state index < -0.39 is 111 Å². The van der Waals surface area contributed by atoms with Gasteiger partial charge >= 0.3 is 6.18 Å². The van der Waals surface area contributed by atoms with Crippen molar-refractivity contribution in [2.45, 2.75) is 49.9 Å². The molecule has 0 spiro atoms. The molecule has 0 radical (unpaired) electrons. The first kappa shape index (κ1) is 43.7. The number of amides is 1. The van der Waals surface area contributed by atoms with Gasteiger partial charge in [-0.05, 0) is 60.4 Å². The Kier molecular flexibility index (Phi) is 10.3. The van der Waals surface area contributed by atoms with Crippen LogP contribution >= 0.6 is 11.6 Å². The molecule has 4 heterocycles. The first-order chi connectivity index (χ1) is 30.5. The van der Waals surface area contributed by atoms with E-state index in [1.807, 2.05) is 0 Å². The van der Waals surface area contributed by atoms with Crippen molar-refractivity contribution in [3.8, 4) is 17.1 Å². The zero-order valence-electron chi connectivity index (χ0n) is 33.1. The van der Waals surface area contributed by atoms with Gasteiger partial charge in [0.1, 0.15) is 41.1 Å². The fourth-order valence-corrected chi connectivity index (χ4v) is 9.11. The molecule has 1 saturated carbocycles. The fourth-order valence-electron chi connectivity index (χ4n) is 8.37. The highest BCUT2D eigenvalue weighted by molar-refractivity contribution is 7.92. The molecule has 1 unspecified atom stereocenters. The number of hydrogen-bond donors (Lipinski definition) is 2. The molecule has 3 atom stereocenters. The molecule has 0 aliphatic heterocycles. The molecule has 338 valence electrons. The number of hydrogen-bond acceptors (Lipinski definition) is 9. The van der Waals surface area contributed by atoms with Crippen LogP contribution in [0.3, 0.4) is 0 Å². The lowest BCUT2D eigenvalue weighted by atomic mass is 10.0. The van der Waals surface area contributed by atoms with Gasteiger partial charge in [0.25, 0.3) is 17.9 Å². The monoisotopic (exact) mass is 950 g/mol. The first-order valence-corrected chi connectivity index (χ1v) is 21.4. The van der Waals surface area contributed by atoms with Crippen molar-refractivity contribution >= 4 is 55.2 Å². The van der Waals surface area contributed by atoms with E-state index >= 15 is 8.78 Å². The topological polar surface area (TPSA) is 172 Å². The number of fused-ring (bicyclic) bond motifs is 5. The molecule has 2 aliphatic carbocycles. The van der Waals surface area contributed by atoms with Gasteiger partial charge < -0.3 is 5.32 Å². The molecule has 3 aromatic carbocycles. The van der Waals surface area contributed by atoms with Crippen LogP contribution in [0.2, 0.25) is 5.02 Å². The Morgan fingerprint density at radius 2 is 1.74 bits per heavy atom. The molecule has 0 saturated heterocycles. The van der Waals surface area contributed by atoms with Crippen molar-refractivity contribution in [1.82, 2.24) is 44.4 Å². The standard InChI is InChI=1S/C40H28ClF9N10O4S/c1-58-32-26(6-5-23(41)30(32)36(56-58)57-65(2,63)64)60-37(53-24-12-17(3-4-20(24)38(60)62)35-51-8-7-27(54-35)40(48,49)50)25(11-16-9-18(42)13-19(43)10-16)52-28(61)15-59-33-29(31(55-59)34(44)45)21-14-22(21)39(33,46)47/h3-10,12-13,21-22,25,34H,11,14-15H2,1-2H3,(H,52,61)(H,56,57)/t21-,22+,25?/m0/s1. The third kappa shape index (κ3) is 7.80. The van der Waals surface area contributed by atoms with E-state index in [1.54, 1.807) is 0 Å². The van der Waals surface area contributed by atoms with Crippen molar-refractivity contribution in [2.24, 2.45) is 13.0 Å². The Labute approximate surface area is 364 Å². The maximum Gasteiger partial charge on any atom is 0.433 e. The molecule has 1 fully saturated rings. The maximum absolute atomic E-state index is 15.5. The second-order valence-corrected chi connectivity index (χ2v) is 17.7. The van der Waals surface area contributed by atoms with E-state index in [9.17, 15) is 48.7 Å². The van der Waals surface area contributed by atoms with Gasteiger partial charge in [-0.25, -0.2) is 40.9 Å². The zero-order valence-corrected chi connectivity index (χ0v) is 34.7. The van der Waals surface area contributed by atoms with E-state index in [1.165, 1.54) is 37.4 Å². The van der Waals surface area contributed by atoms with Crippen LogP contribution in [0.15, 0.2) is 65.6 Å². The predicted octanol–water partition coefficient (Wildman–Crippen LogP) is 7.49. The number of nitrogens with zero attached hydrogens (tertiary/aromatic N) is 8. The van der Waals surface area contributed by atoms with Crippen LogP contribution in [0.1, 0.15) is 58.8 Å². The molecule has 7 aromatic rings. The van der Waals surface area contributed by atoms with Gasteiger partial charge in [-0.3, -0.25) is 28.2 Å². The van der Waals surface area contributed by atoms with Gasteiger partial charge in [-0.1, -0.05) is 17.7 Å². The second kappa shape index (κ2) is 15.3. The summed E-state index contributed by atoms with van der Waals surface area (Å²) in [6.45, 7) is -1.08. The normalized spacial score (nSPS) is 17.1. The SMILES string of the molecule is Cn1nc(NS(C)(=O)=O)c2c(Cl)ccc(-n3c(C(Cc4cc(F)cc(F)c4)NC(=O)Cn4nc(C(F)F)c5c4C(F)(F)[C@@H]4C[C@H]54)nc4cc(-c5nccc(C(F)(F)F)n5)ccc4c3=O)c21. The highest BCUT2D eigenvalue weighted by atomic mass is 35.5. The number of aryl methyl sites for hydroxylation is 1. The van der Waals surface area contributed by atoms with Crippen molar-refractivity contribution in [3.63, 3.8) is 0 Å². The van der Waals surface area contributed by atoms with Gasteiger partial charge in [-0.15, -0.1) is 0 Å². The molecule has 25 heteroatoms. The van der Waals surface area contributed by atoms with E-state index in [-0.39, 0.29) is 61.4 Å². The van der Waals surface area contributed by atoms with Crippen molar-refractivity contribution in [2.75, 3.05) is 11.0 Å². The third-order valence-corrected chi connectivity index (χ3v) is 11.9. The second-order valence-electron chi connectivity index (χ2n) is 15.5. The Hall–Kier alpha value is -6.56.